The molecule has 2 atom stereocenters. The van der Waals surface area contributed by atoms with Crippen LogP contribution in [0.1, 0.15) is 38.7 Å². The van der Waals surface area contributed by atoms with Crippen molar-refractivity contribution in [2.45, 2.75) is 51.8 Å². The summed E-state index contributed by atoms with van der Waals surface area (Å²) in [6.45, 7) is 6.28. The lowest BCUT2D eigenvalue weighted by Gasteiger charge is -2.26. The maximum atomic E-state index is 12.6. The molecule has 3 rings (SSSR count). The molecule has 148 valence electrons. The van der Waals surface area contributed by atoms with E-state index in [9.17, 15) is 9.59 Å². The van der Waals surface area contributed by atoms with E-state index in [1.54, 1.807) is 0 Å². The van der Waals surface area contributed by atoms with E-state index >= 15 is 0 Å². The van der Waals surface area contributed by atoms with Gasteiger partial charge in [0.1, 0.15) is 6.61 Å². The molecule has 0 radical (unpaired) electrons. The zero-order valence-electron chi connectivity index (χ0n) is 16.3. The first kappa shape index (κ1) is 19.7. The van der Waals surface area contributed by atoms with Crippen molar-refractivity contribution >= 4 is 12.0 Å². The Labute approximate surface area is 161 Å². The van der Waals surface area contributed by atoms with Gasteiger partial charge in [0.25, 0.3) is 0 Å². The fourth-order valence-corrected chi connectivity index (χ4v) is 3.52. The Balaban J connectivity index is 1.51. The normalized spacial score (nSPS) is 20.6. The minimum Gasteiger partial charge on any atom is -0.445 e. The number of benzene rings is 1. The van der Waals surface area contributed by atoms with E-state index in [0.717, 1.165) is 31.4 Å². The molecule has 2 N–H and O–H groups in total. The maximum Gasteiger partial charge on any atom is 0.410 e. The van der Waals surface area contributed by atoms with Gasteiger partial charge < -0.3 is 20.3 Å². The van der Waals surface area contributed by atoms with E-state index < -0.39 is 6.04 Å². The summed E-state index contributed by atoms with van der Waals surface area (Å²) >= 11 is 0. The predicted octanol–water partition coefficient (Wildman–Crippen LogP) is 2.62. The minimum atomic E-state index is -0.445. The van der Waals surface area contributed by atoms with E-state index in [4.69, 9.17) is 10.5 Å². The number of carbonyl (C=O) groups excluding carboxylic acids is 2. The molecule has 2 aliphatic rings. The maximum absolute atomic E-state index is 12.6. The summed E-state index contributed by atoms with van der Waals surface area (Å²) in [6, 6.07) is 9.57. The number of hydrogen-bond donors (Lipinski definition) is 1. The third-order valence-corrected chi connectivity index (χ3v) is 5.48. The third kappa shape index (κ3) is 5.22. The Morgan fingerprint density at radius 3 is 2.56 bits per heavy atom. The van der Waals surface area contributed by atoms with Crippen molar-refractivity contribution in [1.82, 2.24) is 9.80 Å². The van der Waals surface area contributed by atoms with Crippen molar-refractivity contribution < 1.29 is 14.3 Å². The van der Waals surface area contributed by atoms with Crippen molar-refractivity contribution in [3.63, 3.8) is 0 Å². The standard InChI is InChI=1S/C21H31N3O3/c1-15(2)19(22)20(25)23-11-10-17(12-23)13-24(18-8-9-18)21(26)27-14-16-6-4-3-5-7-16/h3-7,15,17-19H,8-14,22H2,1-2H3. The molecule has 1 heterocycles. The van der Waals surface area contributed by atoms with Gasteiger partial charge in [-0.1, -0.05) is 44.2 Å². The molecule has 1 aromatic rings. The van der Waals surface area contributed by atoms with E-state index in [-0.39, 0.29) is 29.9 Å². The summed E-state index contributed by atoms with van der Waals surface area (Å²) in [5.74, 6) is 0.447. The number of hydrogen-bond acceptors (Lipinski definition) is 4. The van der Waals surface area contributed by atoms with Gasteiger partial charge >= 0.3 is 6.09 Å². The van der Waals surface area contributed by atoms with Crippen LogP contribution >= 0.6 is 0 Å². The Bertz CT molecular complexity index is 645. The molecular weight excluding hydrogens is 342 g/mol. The topological polar surface area (TPSA) is 75.9 Å². The van der Waals surface area contributed by atoms with E-state index in [0.29, 0.717) is 19.7 Å². The number of amides is 2. The first-order chi connectivity index (χ1) is 13.0. The first-order valence-electron chi connectivity index (χ1n) is 9.97. The van der Waals surface area contributed by atoms with Crippen LogP contribution in [0.15, 0.2) is 30.3 Å². The van der Waals surface area contributed by atoms with Crippen LogP contribution in [-0.2, 0) is 16.1 Å². The summed E-state index contributed by atoms with van der Waals surface area (Å²) in [4.78, 5) is 28.8. The van der Waals surface area contributed by atoms with Gasteiger partial charge in [-0.15, -0.1) is 0 Å². The predicted molar refractivity (Wildman–Crippen MR) is 104 cm³/mol. The number of nitrogens with two attached hydrogens (primary N) is 1. The van der Waals surface area contributed by atoms with Crippen LogP contribution in [-0.4, -0.2) is 53.5 Å². The van der Waals surface area contributed by atoms with Gasteiger partial charge in [-0.05, 0) is 36.7 Å². The summed E-state index contributed by atoms with van der Waals surface area (Å²) in [6.07, 6.45) is 2.73. The van der Waals surface area contributed by atoms with Crippen LogP contribution in [0.5, 0.6) is 0 Å². The average molecular weight is 373 g/mol. The number of nitrogens with zero attached hydrogens (tertiary/aromatic N) is 2. The van der Waals surface area contributed by atoms with Crippen LogP contribution in [0, 0.1) is 11.8 Å². The fraction of sp³-hybridized carbons (Fsp3) is 0.619. The lowest BCUT2D eigenvalue weighted by Crippen LogP contribution is -2.46. The second-order valence-electron chi connectivity index (χ2n) is 8.13. The first-order valence-corrected chi connectivity index (χ1v) is 9.97. The molecule has 6 nitrogen and oxygen atoms in total. The molecule has 1 saturated heterocycles. The molecule has 1 aromatic carbocycles. The highest BCUT2D eigenvalue weighted by molar-refractivity contribution is 5.82. The number of likely N-dealkylation sites (tertiary alicyclic amines) is 1. The van der Waals surface area contributed by atoms with E-state index in [2.05, 4.69) is 0 Å². The molecule has 1 saturated carbocycles. The summed E-state index contributed by atoms with van der Waals surface area (Å²) < 4.78 is 5.53. The Kier molecular flexibility index (Phi) is 6.37. The van der Waals surface area contributed by atoms with Gasteiger partial charge in [-0.25, -0.2) is 4.79 Å². The van der Waals surface area contributed by atoms with Crippen LogP contribution in [0.2, 0.25) is 0 Å². The van der Waals surface area contributed by atoms with E-state index in [1.165, 1.54) is 0 Å². The van der Waals surface area contributed by atoms with Crippen molar-refractivity contribution in [3.8, 4) is 0 Å². The summed E-state index contributed by atoms with van der Waals surface area (Å²) in [5, 5.41) is 0. The Hall–Kier alpha value is -2.08. The van der Waals surface area contributed by atoms with Crippen LogP contribution in [0.4, 0.5) is 4.79 Å². The molecule has 27 heavy (non-hydrogen) atoms. The third-order valence-electron chi connectivity index (χ3n) is 5.48. The van der Waals surface area contributed by atoms with Crippen LogP contribution in [0.3, 0.4) is 0 Å². The number of rotatable bonds is 7. The van der Waals surface area contributed by atoms with E-state index in [1.807, 2.05) is 54.0 Å². The fourth-order valence-electron chi connectivity index (χ4n) is 3.52. The average Bonchev–Trinajstić information content (AvgIpc) is 3.41. The van der Waals surface area contributed by atoms with Crippen LogP contribution < -0.4 is 5.73 Å². The molecule has 0 aromatic heterocycles. The summed E-state index contributed by atoms with van der Waals surface area (Å²) in [5.41, 5.74) is 7.00. The van der Waals surface area contributed by atoms with Crippen molar-refractivity contribution in [2.75, 3.05) is 19.6 Å². The summed E-state index contributed by atoms with van der Waals surface area (Å²) in [7, 11) is 0. The van der Waals surface area contributed by atoms with Crippen LogP contribution in [0.25, 0.3) is 0 Å². The Morgan fingerprint density at radius 1 is 1.22 bits per heavy atom. The monoisotopic (exact) mass is 373 g/mol. The molecule has 2 unspecified atom stereocenters. The smallest absolute Gasteiger partial charge is 0.410 e. The molecule has 6 heteroatoms. The zero-order chi connectivity index (χ0) is 19.4. The zero-order valence-corrected chi connectivity index (χ0v) is 16.3. The second-order valence-corrected chi connectivity index (χ2v) is 8.13. The molecule has 1 aliphatic carbocycles. The molecule has 2 amide bonds. The van der Waals surface area contributed by atoms with Gasteiger partial charge in [0, 0.05) is 25.7 Å². The van der Waals surface area contributed by atoms with Gasteiger partial charge in [-0.3, -0.25) is 4.79 Å². The second kappa shape index (κ2) is 8.74. The highest BCUT2D eigenvalue weighted by atomic mass is 16.6. The SMILES string of the molecule is CC(C)C(N)C(=O)N1CCC(CN(C(=O)OCc2ccccc2)C2CC2)C1. The lowest BCUT2D eigenvalue weighted by molar-refractivity contribution is -0.132. The van der Waals surface area contributed by atoms with Crippen molar-refractivity contribution in [1.29, 1.82) is 0 Å². The number of ether oxygens (including phenoxy) is 1. The van der Waals surface area contributed by atoms with Crippen molar-refractivity contribution in [2.24, 2.45) is 17.6 Å². The highest BCUT2D eigenvalue weighted by Gasteiger charge is 2.38. The molecular formula is C21H31N3O3. The quantitative estimate of drug-likeness (QED) is 0.797. The molecule has 2 fully saturated rings. The van der Waals surface area contributed by atoms with Crippen molar-refractivity contribution in [3.05, 3.63) is 35.9 Å². The largest absolute Gasteiger partial charge is 0.445 e. The van der Waals surface area contributed by atoms with Gasteiger partial charge in [0.15, 0.2) is 0 Å². The molecule has 1 aliphatic heterocycles. The number of carbonyl (C=O) groups is 2. The minimum absolute atomic E-state index is 0.0251. The Morgan fingerprint density at radius 2 is 1.93 bits per heavy atom. The highest BCUT2D eigenvalue weighted by Crippen LogP contribution is 2.30. The molecule has 0 bridgehead atoms. The van der Waals surface area contributed by atoms with Gasteiger partial charge in [-0.2, -0.15) is 0 Å². The van der Waals surface area contributed by atoms with Gasteiger partial charge in [0.05, 0.1) is 6.04 Å². The molecule has 0 spiro atoms. The van der Waals surface area contributed by atoms with Gasteiger partial charge in [0.2, 0.25) is 5.91 Å². The lowest BCUT2D eigenvalue weighted by atomic mass is 10.0.